The van der Waals surface area contributed by atoms with Gasteiger partial charge in [0.15, 0.2) is 5.82 Å². The van der Waals surface area contributed by atoms with Crippen molar-refractivity contribution in [3.05, 3.63) is 52.6 Å². The molecule has 11 heteroatoms. The molecule has 0 bridgehead atoms. The number of rotatable bonds is 5. The van der Waals surface area contributed by atoms with Gasteiger partial charge in [-0.15, -0.1) is 0 Å². The van der Waals surface area contributed by atoms with E-state index in [1.165, 1.54) is 13.0 Å². The standard InChI is InChI=1S/C25H28F2N4O4S/c1-14-19(26)4-5-20(21(14)27)31(36(34)35)16-12-17(23(32)28-15-6-10-30(2)11-7-15)22-18(13-16)25(8-3-9-25)24(33)29-22/h4-5,12-13,15H,3,6-11H2,1-2H3,(H,28,32)(H,29,33)(H,34,35). The van der Waals surface area contributed by atoms with Crippen molar-refractivity contribution in [1.29, 1.82) is 0 Å². The van der Waals surface area contributed by atoms with Crippen LogP contribution >= 0.6 is 0 Å². The molecule has 3 aliphatic rings. The quantitative estimate of drug-likeness (QED) is 0.524. The van der Waals surface area contributed by atoms with Crippen LogP contribution in [-0.4, -0.2) is 51.7 Å². The second kappa shape index (κ2) is 9.20. The van der Waals surface area contributed by atoms with E-state index < -0.39 is 34.2 Å². The highest BCUT2D eigenvalue weighted by molar-refractivity contribution is 7.81. The van der Waals surface area contributed by atoms with Crippen LogP contribution in [0.3, 0.4) is 0 Å². The third-order valence-electron chi connectivity index (χ3n) is 7.73. The van der Waals surface area contributed by atoms with E-state index in [9.17, 15) is 22.7 Å². The van der Waals surface area contributed by atoms with E-state index >= 15 is 4.39 Å². The van der Waals surface area contributed by atoms with E-state index in [4.69, 9.17) is 0 Å². The summed E-state index contributed by atoms with van der Waals surface area (Å²) >= 11 is -2.75. The highest BCUT2D eigenvalue weighted by atomic mass is 32.2. The number of benzene rings is 2. The number of nitrogens with one attached hydrogen (secondary N) is 2. The van der Waals surface area contributed by atoms with Crippen molar-refractivity contribution in [2.75, 3.05) is 29.8 Å². The minimum atomic E-state index is -2.75. The minimum Gasteiger partial charge on any atom is -0.349 e. The van der Waals surface area contributed by atoms with Crippen molar-refractivity contribution in [3.8, 4) is 0 Å². The van der Waals surface area contributed by atoms with Gasteiger partial charge < -0.3 is 15.5 Å². The van der Waals surface area contributed by atoms with Gasteiger partial charge in [0.1, 0.15) is 5.82 Å². The number of hydrogen-bond donors (Lipinski definition) is 3. The Morgan fingerprint density at radius 2 is 1.94 bits per heavy atom. The lowest BCUT2D eigenvalue weighted by atomic mass is 9.65. The molecule has 3 N–H and O–H groups in total. The molecule has 2 aromatic rings. The zero-order chi connectivity index (χ0) is 25.8. The SMILES string of the molecule is Cc1c(F)ccc(N(c2cc(C(=O)NC3CCN(C)CC3)c3c(c2)C2(CCC2)C(=O)N3)S(=O)O)c1F. The molecule has 36 heavy (non-hydrogen) atoms. The molecule has 5 rings (SSSR count). The number of fused-ring (bicyclic) bond motifs is 2. The van der Waals surface area contributed by atoms with Gasteiger partial charge in [0.05, 0.1) is 28.0 Å². The van der Waals surface area contributed by atoms with Crippen LogP contribution in [0.2, 0.25) is 0 Å². The van der Waals surface area contributed by atoms with Gasteiger partial charge in [-0.1, -0.05) is 6.42 Å². The molecule has 192 valence electrons. The fraction of sp³-hybridized carbons (Fsp3) is 0.440. The van der Waals surface area contributed by atoms with Crippen LogP contribution in [0.25, 0.3) is 0 Å². The molecule has 2 aromatic carbocycles. The third-order valence-corrected chi connectivity index (χ3v) is 8.45. The van der Waals surface area contributed by atoms with Gasteiger partial charge in [-0.05, 0) is 82.6 Å². The van der Waals surface area contributed by atoms with Gasteiger partial charge in [-0.2, -0.15) is 0 Å². The molecule has 2 aliphatic heterocycles. The molecule has 1 unspecified atom stereocenters. The van der Waals surface area contributed by atoms with Crippen molar-refractivity contribution in [3.63, 3.8) is 0 Å². The molecule has 2 fully saturated rings. The largest absolute Gasteiger partial charge is 0.349 e. The van der Waals surface area contributed by atoms with E-state index in [0.717, 1.165) is 48.8 Å². The van der Waals surface area contributed by atoms with Crippen LogP contribution in [0.15, 0.2) is 24.3 Å². The Hall–Kier alpha value is -2.89. The van der Waals surface area contributed by atoms with Crippen LogP contribution in [0, 0.1) is 18.6 Å². The second-order valence-corrected chi connectivity index (χ2v) is 10.7. The first-order valence-corrected chi connectivity index (χ1v) is 13.0. The maximum atomic E-state index is 15.0. The highest BCUT2D eigenvalue weighted by Crippen LogP contribution is 2.53. The van der Waals surface area contributed by atoms with Crippen LogP contribution in [-0.2, 0) is 21.5 Å². The Morgan fingerprint density at radius 3 is 2.56 bits per heavy atom. The summed E-state index contributed by atoms with van der Waals surface area (Å²) in [5.74, 6) is -2.40. The zero-order valence-corrected chi connectivity index (χ0v) is 20.9. The van der Waals surface area contributed by atoms with E-state index in [-0.39, 0.29) is 34.5 Å². The Morgan fingerprint density at radius 1 is 1.25 bits per heavy atom. The van der Waals surface area contributed by atoms with E-state index in [1.807, 2.05) is 7.05 Å². The summed E-state index contributed by atoms with van der Waals surface area (Å²) in [6, 6.07) is 4.99. The number of piperidine rings is 1. The molecule has 2 amide bonds. The fourth-order valence-corrected chi connectivity index (χ4v) is 5.95. The van der Waals surface area contributed by atoms with E-state index in [1.54, 1.807) is 6.07 Å². The first-order chi connectivity index (χ1) is 17.1. The lowest BCUT2D eigenvalue weighted by Crippen LogP contribution is -2.43. The lowest BCUT2D eigenvalue weighted by Gasteiger charge is -2.36. The molecular formula is C25H28F2N4O4S. The minimum absolute atomic E-state index is 0.0527. The molecular weight excluding hydrogens is 490 g/mol. The molecule has 8 nitrogen and oxygen atoms in total. The Bertz CT molecular complexity index is 1280. The Labute approximate surface area is 210 Å². The third kappa shape index (κ3) is 3.99. The van der Waals surface area contributed by atoms with E-state index in [0.29, 0.717) is 24.1 Å². The Kier molecular flexibility index (Phi) is 6.34. The number of amides is 2. The van der Waals surface area contributed by atoms with Crippen molar-refractivity contribution < 1.29 is 27.1 Å². The van der Waals surface area contributed by atoms with Gasteiger partial charge in [-0.3, -0.25) is 14.1 Å². The number of carbonyl (C=O) groups is 2. The molecule has 1 aliphatic carbocycles. The van der Waals surface area contributed by atoms with Gasteiger partial charge in [0, 0.05) is 11.6 Å². The summed E-state index contributed by atoms with van der Waals surface area (Å²) in [4.78, 5) is 28.6. The first kappa shape index (κ1) is 24.8. The van der Waals surface area contributed by atoms with Crippen LogP contribution < -0.4 is 14.9 Å². The summed E-state index contributed by atoms with van der Waals surface area (Å²) < 4.78 is 52.4. The van der Waals surface area contributed by atoms with Crippen molar-refractivity contribution >= 4 is 40.1 Å². The van der Waals surface area contributed by atoms with Crippen molar-refractivity contribution in [2.24, 2.45) is 0 Å². The summed E-state index contributed by atoms with van der Waals surface area (Å²) in [5, 5.41) is 5.89. The monoisotopic (exact) mass is 518 g/mol. The molecule has 1 saturated carbocycles. The normalized spacial score (nSPS) is 20.0. The average molecular weight is 519 g/mol. The van der Waals surface area contributed by atoms with Crippen LogP contribution in [0.4, 0.5) is 25.8 Å². The van der Waals surface area contributed by atoms with Gasteiger partial charge in [0.2, 0.25) is 5.91 Å². The topological polar surface area (TPSA) is 102 Å². The van der Waals surface area contributed by atoms with Crippen LogP contribution in [0.1, 0.15) is 53.6 Å². The summed E-state index contributed by atoms with van der Waals surface area (Å²) in [6.07, 6.45) is 3.53. The average Bonchev–Trinajstić information content (AvgIpc) is 3.12. The number of nitrogens with zero attached hydrogens (tertiary/aromatic N) is 2. The second-order valence-electron chi connectivity index (χ2n) is 9.89. The summed E-state index contributed by atoms with van der Waals surface area (Å²) in [7, 11) is 2.02. The summed E-state index contributed by atoms with van der Waals surface area (Å²) in [5.41, 5.74) is -0.280. The Balaban J connectivity index is 1.62. The predicted octanol–water partition coefficient (Wildman–Crippen LogP) is 3.75. The van der Waals surface area contributed by atoms with Crippen LogP contribution in [0.5, 0.6) is 0 Å². The van der Waals surface area contributed by atoms with Gasteiger partial charge in [-0.25, -0.2) is 17.3 Å². The molecule has 1 atom stereocenters. The molecule has 0 radical (unpaired) electrons. The number of halogens is 2. The van der Waals surface area contributed by atoms with E-state index in [2.05, 4.69) is 15.5 Å². The zero-order valence-electron chi connectivity index (χ0n) is 20.1. The fourth-order valence-electron chi connectivity index (χ4n) is 5.35. The number of likely N-dealkylation sites (tertiary alicyclic amines) is 1. The lowest BCUT2D eigenvalue weighted by molar-refractivity contribution is -0.123. The number of hydrogen-bond acceptors (Lipinski definition) is 4. The molecule has 0 aromatic heterocycles. The molecule has 1 saturated heterocycles. The number of anilines is 3. The maximum Gasteiger partial charge on any atom is 0.266 e. The molecule has 1 spiro atoms. The van der Waals surface area contributed by atoms with Crippen molar-refractivity contribution in [1.82, 2.24) is 10.2 Å². The number of carbonyl (C=O) groups excluding carboxylic acids is 2. The van der Waals surface area contributed by atoms with Gasteiger partial charge >= 0.3 is 0 Å². The van der Waals surface area contributed by atoms with Gasteiger partial charge in [0.25, 0.3) is 17.2 Å². The smallest absolute Gasteiger partial charge is 0.266 e. The van der Waals surface area contributed by atoms with Crippen molar-refractivity contribution in [2.45, 2.75) is 50.5 Å². The predicted molar refractivity (Wildman–Crippen MR) is 133 cm³/mol. The highest BCUT2D eigenvalue weighted by Gasteiger charge is 2.52. The maximum absolute atomic E-state index is 15.0. The first-order valence-electron chi connectivity index (χ1n) is 12.0. The molecule has 2 heterocycles. The summed E-state index contributed by atoms with van der Waals surface area (Å²) in [6.45, 7) is 2.91.